The van der Waals surface area contributed by atoms with Crippen LogP contribution in [0.4, 0.5) is 0 Å². The molecule has 5 heavy (non-hydrogen) atoms. The molecule has 0 aromatic rings. The first-order valence-corrected chi connectivity index (χ1v) is 1.75. The van der Waals surface area contributed by atoms with E-state index >= 15 is 0 Å². The Morgan fingerprint density at radius 3 is 1.20 bits per heavy atom. The van der Waals surface area contributed by atoms with Crippen molar-refractivity contribution >= 4 is 17.4 Å². The average Bonchev–Trinajstić information content (AvgIpc) is 1.00. The van der Waals surface area contributed by atoms with Gasteiger partial charge in [0, 0.05) is 33.3 Å². The second-order valence-corrected chi connectivity index (χ2v) is 0. The van der Waals surface area contributed by atoms with Crippen LogP contribution in [0.1, 0.15) is 0 Å². The zero-order valence-electron chi connectivity index (χ0n) is 1.64. The zero-order chi connectivity index (χ0) is 2.00. The summed E-state index contributed by atoms with van der Waals surface area (Å²) in [5, 5.41) is 0. The van der Waals surface area contributed by atoms with Gasteiger partial charge in [0.1, 0.15) is 0 Å². The average molecular weight is 305 g/mol. The van der Waals surface area contributed by atoms with Crippen molar-refractivity contribution in [2.24, 2.45) is 0 Å². The molecule has 5 heteroatoms. The van der Waals surface area contributed by atoms with Gasteiger partial charge in [-0.1, -0.05) is 0 Å². The van der Waals surface area contributed by atoms with E-state index in [-0.39, 0.29) is 90.0 Å². The summed E-state index contributed by atoms with van der Waals surface area (Å²) in [7, 11) is 0. The van der Waals surface area contributed by atoms with Crippen LogP contribution in [0.25, 0.3) is 0 Å². The molecule has 0 amide bonds. The predicted molar refractivity (Wildman–Crippen MR) is 10.6 cm³/mol. The molecule has 0 saturated carbocycles. The molecule has 0 aromatic carbocycles. The van der Waals surface area contributed by atoms with Crippen LogP contribution in [0.5, 0.6) is 0 Å². The molecule has 1 radical (unpaired) electrons. The van der Waals surface area contributed by atoms with Crippen LogP contribution in [-0.4, -0.2) is 17.4 Å². The summed E-state index contributed by atoms with van der Waals surface area (Å²) in [4.78, 5) is 0. The molecule has 0 aliphatic heterocycles. The topological polar surface area (TPSA) is 17.1 Å². The molecule has 0 N–H and O–H groups in total. The van der Waals surface area contributed by atoms with Gasteiger partial charge in [0.15, 0.2) is 17.4 Å². The predicted octanol–water partition coefficient (Wildman–Crippen LogP) is -1.31. The minimum atomic E-state index is -0.0833. The van der Waals surface area contributed by atoms with Crippen molar-refractivity contribution in [1.29, 1.82) is 0 Å². The van der Waals surface area contributed by atoms with Gasteiger partial charge in [-0.05, 0) is 0 Å². The summed E-state index contributed by atoms with van der Waals surface area (Å²) in [6.45, 7) is 0. The van der Waals surface area contributed by atoms with E-state index in [2.05, 4.69) is 0 Å². The van der Waals surface area contributed by atoms with Crippen molar-refractivity contribution in [3.05, 3.63) is 0 Å². The summed E-state index contributed by atoms with van der Waals surface area (Å²) in [6, 6.07) is 0. The van der Waals surface area contributed by atoms with E-state index in [0.29, 0.717) is 0 Å². The Balaban J connectivity index is -0.00000000167. The normalized spacial score (nSPS) is 1.20. The van der Waals surface area contributed by atoms with Crippen molar-refractivity contribution in [3.63, 3.8) is 0 Å². The molecule has 0 unspecified atom stereocenters. The third kappa shape index (κ3) is 20.3. The Morgan fingerprint density at radius 2 is 1.20 bits per heavy atom. The van der Waals surface area contributed by atoms with Crippen molar-refractivity contribution in [2.45, 2.75) is 0 Å². The van der Waals surface area contributed by atoms with Gasteiger partial charge in [0.25, 0.3) is 0 Å². The Labute approximate surface area is 89.1 Å². The second kappa shape index (κ2) is 29.9. The Kier molecular flexibility index (Phi) is 151. The van der Waals surface area contributed by atoms with Crippen LogP contribution >= 0.6 is 0 Å². The van der Waals surface area contributed by atoms with Gasteiger partial charge in [-0.3, -0.25) is 0 Å². The van der Waals surface area contributed by atoms with Gasteiger partial charge in [0.05, 0.1) is 0 Å². The van der Waals surface area contributed by atoms with E-state index in [4.69, 9.17) is 0.995 Å². The number of hydrogen-bond donors (Lipinski definition) is 0. The molecule has 0 aliphatic rings. The Hall–Kier alpha value is 2.70. The summed E-state index contributed by atoms with van der Waals surface area (Å²) in [6.07, 6.45) is 0. The van der Waals surface area contributed by atoms with E-state index in [9.17, 15) is 0 Å². The SMILES string of the molecule is [AlH3].[Co].[Ni].[O]=[Pr]. The summed E-state index contributed by atoms with van der Waals surface area (Å²) < 4.78 is 8.42. The molecule has 0 rings (SSSR count). The van der Waals surface area contributed by atoms with Gasteiger partial charge in [-0.15, -0.1) is 0 Å². The first kappa shape index (κ1) is 25.3. The maximum absolute atomic E-state index is 8.42. The molecule has 0 heterocycles. The van der Waals surface area contributed by atoms with E-state index in [1.807, 2.05) is 0 Å². The van der Waals surface area contributed by atoms with Gasteiger partial charge in [-0.25, -0.2) is 0 Å². The molecule has 0 aromatic heterocycles. The summed E-state index contributed by atoms with van der Waals surface area (Å²) in [5.74, 6) is 0. The molecule has 0 spiro atoms. The van der Waals surface area contributed by atoms with Crippen LogP contribution in [-0.2, 0) is 34.3 Å². The van der Waals surface area contributed by atoms with Crippen LogP contribution in [0.3, 0.4) is 0 Å². The molecular weight excluding hydrogens is 302 g/mol. The zero-order valence-corrected chi connectivity index (χ0v) is 7.37. The van der Waals surface area contributed by atoms with Gasteiger partial charge >= 0.3 is 40.3 Å². The minimum absolute atomic E-state index is 0. The quantitative estimate of drug-likeness (QED) is 0.508. The monoisotopic (exact) mass is 304 g/mol. The fourth-order valence-electron chi connectivity index (χ4n) is 0. The van der Waals surface area contributed by atoms with Gasteiger partial charge in [-0.2, -0.15) is 0 Å². The maximum atomic E-state index is 8.42. The standard InChI is InChI=1S/Al.Co.Ni.O.Pr.3H. The van der Waals surface area contributed by atoms with E-state index in [1.165, 1.54) is 0 Å². The fourth-order valence-corrected chi connectivity index (χ4v) is 0. The Morgan fingerprint density at radius 1 is 1.20 bits per heavy atom. The van der Waals surface area contributed by atoms with E-state index in [0.717, 1.165) is 0 Å². The molecular formula is H3AlCoNiOPr. The third-order valence-corrected chi connectivity index (χ3v) is 0. The van der Waals surface area contributed by atoms with Crippen LogP contribution in [0.2, 0.25) is 0 Å². The van der Waals surface area contributed by atoms with E-state index in [1.54, 1.807) is 0 Å². The molecule has 0 saturated heterocycles. The number of rotatable bonds is 0. The van der Waals surface area contributed by atoms with Gasteiger partial charge < -0.3 is 0 Å². The summed E-state index contributed by atoms with van der Waals surface area (Å²) >= 11 is -0.0833. The fraction of sp³-hybridized carbons (Fsp3) is 0. The summed E-state index contributed by atoms with van der Waals surface area (Å²) in [5.41, 5.74) is 0. The second-order valence-electron chi connectivity index (χ2n) is 0. The first-order valence-electron chi connectivity index (χ1n) is 0.236. The molecule has 0 fully saturated rings. The first-order chi connectivity index (χ1) is 1.00. The third-order valence-electron chi connectivity index (χ3n) is 0. The van der Waals surface area contributed by atoms with Crippen molar-refractivity contribution in [3.8, 4) is 0 Å². The van der Waals surface area contributed by atoms with Crippen molar-refractivity contribution < 1.29 is 73.6 Å². The van der Waals surface area contributed by atoms with Gasteiger partial charge in [0.2, 0.25) is 0 Å². The molecule has 0 bridgehead atoms. The van der Waals surface area contributed by atoms with Crippen molar-refractivity contribution in [1.82, 2.24) is 0 Å². The molecule has 0 atom stereocenters. The molecule has 0 aliphatic carbocycles. The van der Waals surface area contributed by atoms with Crippen LogP contribution in [0.15, 0.2) is 0 Å². The Bertz CT molecular complexity index is 11.6. The molecule has 34 valence electrons. The van der Waals surface area contributed by atoms with Crippen LogP contribution < -0.4 is 0 Å². The number of hydrogen-bond acceptors (Lipinski definition) is 1. The van der Waals surface area contributed by atoms with Crippen LogP contribution in [0, 0.1) is 39.3 Å². The molecule has 1 nitrogen and oxygen atoms in total. The van der Waals surface area contributed by atoms with E-state index < -0.39 is 0 Å². The van der Waals surface area contributed by atoms with Crippen molar-refractivity contribution in [2.75, 3.05) is 0 Å².